The number of amides is 1. The molecule has 1 amide bonds. The van der Waals surface area contributed by atoms with Crippen molar-refractivity contribution in [2.24, 2.45) is 0 Å². The van der Waals surface area contributed by atoms with Crippen LogP contribution in [0.25, 0.3) is 0 Å². The Morgan fingerprint density at radius 2 is 1.59 bits per heavy atom. The van der Waals surface area contributed by atoms with Gasteiger partial charge in [-0.05, 0) is 37.8 Å². The van der Waals surface area contributed by atoms with Gasteiger partial charge in [-0.25, -0.2) is 4.98 Å². The maximum Gasteiger partial charge on any atom is 0.254 e. The number of ether oxygens (including phenoxy) is 1. The van der Waals surface area contributed by atoms with E-state index in [1.807, 2.05) is 11.0 Å². The number of rotatable bonds is 7. The van der Waals surface area contributed by atoms with Crippen molar-refractivity contribution in [1.29, 1.82) is 0 Å². The zero-order chi connectivity index (χ0) is 25.2. The van der Waals surface area contributed by atoms with Gasteiger partial charge in [0.05, 0.1) is 18.1 Å². The Labute approximate surface area is 217 Å². The lowest BCUT2D eigenvalue weighted by Gasteiger charge is -2.37. The van der Waals surface area contributed by atoms with Crippen LogP contribution in [-0.2, 0) is 16.1 Å². The molecular weight excluding hydrogens is 472 g/mol. The third kappa shape index (κ3) is 5.77. The van der Waals surface area contributed by atoms with Gasteiger partial charge in [0.2, 0.25) is 5.91 Å². The quantitative estimate of drug-likeness (QED) is 0.531. The molecule has 4 aliphatic rings. The average molecular weight is 509 g/mol. The van der Waals surface area contributed by atoms with Gasteiger partial charge in [0, 0.05) is 77.5 Å². The van der Waals surface area contributed by atoms with Crippen LogP contribution in [-0.4, -0.2) is 107 Å². The molecule has 1 atom stereocenters. The summed E-state index contributed by atoms with van der Waals surface area (Å²) in [6.07, 6.45) is 6.48. The summed E-state index contributed by atoms with van der Waals surface area (Å²) in [6, 6.07) is 5.67. The number of nitrogens with zero attached hydrogens (tertiary/aromatic N) is 8. The van der Waals surface area contributed by atoms with Crippen LogP contribution < -0.4 is 15.4 Å². The predicted octanol–water partition coefficient (Wildman–Crippen LogP) is 0.561. The number of hydrogen-bond donors (Lipinski definition) is 0. The Bertz CT molecular complexity index is 1130. The summed E-state index contributed by atoms with van der Waals surface area (Å²) < 4.78 is 7.19. The normalized spacial score (nSPS) is 23.0. The lowest BCUT2D eigenvalue weighted by atomic mass is 10.2. The maximum atomic E-state index is 12.8. The molecule has 4 fully saturated rings. The lowest BCUT2D eigenvalue weighted by Crippen LogP contribution is -2.50. The topological polar surface area (TPSA) is 99.9 Å². The van der Waals surface area contributed by atoms with Gasteiger partial charge in [-0.15, -0.1) is 10.2 Å². The van der Waals surface area contributed by atoms with Gasteiger partial charge < -0.3 is 19.4 Å². The van der Waals surface area contributed by atoms with Crippen LogP contribution in [0.2, 0.25) is 0 Å². The molecule has 0 bridgehead atoms. The summed E-state index contributed by atoms with van der Waals surface area (Å²) >= 11 is 0. The molecule has 198 valence electrons. The van der Waals surface area contributed by atoms with E-state index in [0.717, 1.165) is 69.5 Å². The first kappa shape index (κ1) is 24.3. The summed E-state index contributed by atoms with van der Waals surface area (Å²) in [5.41, 5.74) is 0.703. The van der Waals surface area contributed by atoms with Crippen molar-refractivity contribution in [3.05, 3.63) is 40.6 Å². The van der Waals surface area contributed by atoms with Crippen molar-refractivity contribution in [3.63, 3.8) is 0 Å². The van der Waals surface area contributed by atoms with Gasteiger partial charge in [0.25, 0.3) is 5.56 Å². The zero-order valence-electron chi connectivity index (χ0n) is 21.4. The molecule has 1 aliphatic carbocycles. The molecule has 1 unspecified atom stereocenters. The van der Waals surface area contributed by atoms with E-state index >= 15 is 0 Å². The van der Waals surface area contributed by atoms with Crippen LogP contribution in [0, 0.1) is 0 Å². The van der Waals surface area contributed by atoms with E-state index in [0.29, 0.717) is 38.2 Å². The van der Waals surface area contributed by atoms with Crippen LogP contribution in [0.4, 0.5) is 11.6 Å². The molecule has 3 aliphatic heterocycles. The fourth-order valence-electron chi connectivity index (χ4n) is 5.48. The number of carbonyl (C=O) groups is 1. The number of hydrogen-bond acceptors (Lipinski definition) is 9. The molecule has 6 rings (SSSR count). The first-order valence-corrected chi connectivity index (χ1v) is 13.6. The monoisotopic (exact) mass is 508 g/mol. The van der Waals surface area contributed by atoms with Gasteiger partial charge in [-0.3, -0.25) is 19.1 Å². The summed E-state index contributed by atoms with van der Waals surface area (Å²) in [6.45, 7) is 8.48. The first-order valence-electron chi connectivity index (χ1n) is 13.6. The van der Waals surface area contributed by atoms with Crippen molar-refractivity contribution < 1.29 is 9.53 Å². The van der Waals surface area contributed by atoms with E-state index in [1.165, 1.54) is 23.7 Å². The standard InChI is InChI=1S/C26H36N8O3/c35-25-16-22(20-3-4-20)27-19-34(25)18-26(36)33-13-11-32(12-14-33)24-6-5-23(28-29-24)31-9-7-30(8-10-31)17-21-2-1-15-37-21/h5-6,16,19-21H,1-4,7-15,17-18H2. The number of aromatic nitrogens is 4. The van der Waals surface area contributed by atoms with Gasteiger partial charge in [-0.1, -0.05) is 0 Å². The van der Waals surface area contributed by atoms with E-state index in [1.54, 1.807) is 6.07 Å². The molecule has 3 saturated heterocycles. The molecule has 0 N–H and O–H groups in total. The van der Waals surface area contributed by atoms with Crippen LogP contribution >= 0.6 is 0 Å². The number of piperazine rings is 2. The molecule has 0 spiro atoms. The first-order chi connectivity index (χ1) is 18.1. The summed E-state index contributed by atoms with van der Waals surface area (Å²) in [5.74, 6) is 2.13. The fourth-order valence-corrected chi connectivity index (χ4v) is 5.48. The summed E-state index contributed by atoms with van der Waals surface area (Å²) in [4.78, 5) is 38.3. The Morgan fingerprint density at radius 1 is 0.919 bits per heavy atom. The van der Waals surface area contributed by atoms with Crippen LogP contribution in [0.3, 0.4) is 0 Å². The average Bonchev–Trinajstić information content (AvgIpc) is 3.67. The molecule has 2 aromatic rings. The van der Waals surface area contributed by atoms with Gasteiger partial charge >= 0.3 is 0 Å². The van der Waals surface area contributed by atoms with Crippen molar-refractivity contribution >= 4 is 17.5 Å². The minimum absolute atomic E-state index is 0.0340. The largest absolute Gasteiger partial charge is 0.377 e. The lowest BCUT2D eigenvalue weighted by molar-refractivity contribution is -0.132. The molecule has 2 aromatic heterocycles. The summed E-state index contributed by atoms with van der Waals surface area (Å²) in [5, 5.41) is 9.01. The number of anilines is 2. The fraction of sp³-hybridized carbons (Fsp3) is 0.654. The van der Waals surface area contributed by atoms with Crippen LogP contribution in [0.15, 0.2) is 29.3 Å². The van der Waals surface area contributed by atoms with E-state index in [-0.39, 0.29) is 18.0 Å². The zero-order valence-corrected chi connectivity index (χ0v) is 21.4. The van der Waals surface area contributed by atoms with Crippen molar-refractivity contribution in [1.82, 2.24) is 29.5 Å². The molecule has 11 heteroatoms. The molecule has 11 nitrogen and oxygen atoms in total. The van der Waals surface area contributed by atoms with E-state index in [2.05, 4.69) is 35.9 Å². The Morgan fingerprint density at radius 3 is 2.16 bits per heavy atom. The van der Waals surface area contributed by atoms with Gasteiger partial charge in [-0.2, -0.15) is 0 Å². The smallest absolute Gasteiger partial charge is 0.254 e. The predicted molar refractivity (Wildman–Crippen MR) is 139 cm³/mol. The van der Waals surface area contributed by atoms with Gasteiger partial charge in [0.1, 0.15) is 6.54 Å². The van der Waals surface area contributed by atoms with Gasteiger partial charge in [0.15, 0.2) is 11.6 Å². The van der Waals surface area contributed by atoms with E-state index in [9.17, 15) is 9.59 Å². The van der Waals surface area contributed by atoms with Crippen LogP contribution in [0.5, 0.6) is 0 Å². The second-order valence-corrected chi connectivity index (χ2v) is 10.6. The highest BCUT2D eigenvalue weighted by atomic mass is 16.5. The molecule has 0 aromatic carbocycles. The third-order valence-corrected chi connectivity index (χ3v) is 7.98. The molecule has 0 radical (unpaired) electrons. The highest BCUT2D eigenvalue weighted by molar-refractivity contribution is 5.76. The molecule has 5 heterocycles. The Hall–Kier alpha value is -3.05. The maximum absolute atomic E-state index is 12.8. The highest BCUT2D eigenvalue weighted by Crippen LogP contribution is 2.38. The minimum Gasteiger partial charge on any atom is -0.377 e. The van der Waals surface area contributed by atoms with E-state index < -0.39 is 0 Å². The SMILES string of the molecule is O=C(Cn1cnc(C2CC2)cc1=O)N1CCN(c2ccc(N3CCN(CC4CCCO4)CC3)nn2)CC1. The minimum atomic E-state index is -0.150. The number of carbonyl (C=O) groups excluding carboxylic acids is 1. The van der Waals surface area contributed by atoms with Crippen LogP contribution in [0.1, 0.15) is 37.3 Å². The van der Waals surface area contributed by atoms with Crippen molar-refractivity contribution in [2.75, 3.05) is 75.3 Å². The second-order valence-electron chi connectivity index (χ2n) is 10.6. The van der Waals surface area contributed by atoms with Crippen molar-refractivity contribution in [2.45, 2.75) is 44.2 Å². The van der Waals surface area contributed by atoms with E-state index in [4.69, 9.17) is 4.74 Å². The summed E-state index contributed by atoms with van der Waals surface area (Å²) in [7, 11) is 0. The Balaban J connectivity index is 0.966. The second kappa shape index (κ2) is 10.7. The van der Waals surface area contributed by atoms with Crippen molar-refractivity contribution in [3.8, 4) is 0 Å². The molecular formula is C26H36N8O3. The Kier molecular flexibility index (Phi) is 7.06. The third-order valence-electron chi connectivity index (χ3n) is 7.98. The molecule has 37 heavy (non-hydrogen) atoms. The molecule has 1 saturated carbocycles. The highest BCUT2D eigenvalue weighted by Gasteiger charge is 2.27.